The molecule has 2 aromatic rings. The van der Waals surface area contributed by atoms with E-state index in [1.807, 2.05) is 0 Å². The average Bonchev–Trinajstić information content (AvgIpc) is 3.25. The van der Waals surface area contributed by atoms with Crippen molar-refractivity contribution < 1.29 is 19.6 Å². The van der Waals surface area contributed by atoms with E-state index in [9.17, 15) is 24.8 Å². The van der Waals surface area contributed by atoms with Crippen molar-refractivity contribution in [3.05, 3.63) is 46.5 Å². The van der Waals surface area contributed by atoms with E-state index in [4.69, 9.17) is 0 Å². The van der Waals surface area contributed by atoms with Gasteiger partial charge in [-0.05, 0) is 30.9 Å². The molecule has 3 fully saturated rings. The van der Waals surface area contributed by atoms with Gasteiger partial charge in [0.15, 0.2) is 0 Å². The number of non-ortho nitro benzene ring substituents is 1. The van der Waals surface area contributed by atoms with Crippen LogP contribution < -0.4 is 4.90 Å². The van der Waals surface area contributed by atoms with Crippen LogP contribution >= 0.6 is 0 Å². The zero-order valence-corrected chi connectivity index (χ0v) is 13.6. The van der Waals surface area contributed by atoms with Gasteiger partial charge in [0.2, 0.25) is 0 Å². The Kier molecular flexibility index (Phi) is 2.94. The van der Waals surface area contributed by atoms with E-state index in [1.54, 1.807) is 24.3 Å². The van der Waals surface area contributed by atoms with Gasteiger partial charge in [-0.1, -0.05) is 18.2 Å². The number of hydrogen-bond acceptors (Lipinski definition) is 5. The first-order valence-corrected chi connectivity index (χ1v) is 8.49. The van der Waals surface area contributed by atoms with Crippen LogP contribution in [0.5, 0.6) is 0 Å². The Hall–Kier alpha value is -3.00. The van der Waals surface area contributed by atoms with Gasteiger partial charge in [-0.2, -0.15) is 0 Å². The van der Waals surface area contributed by atoms with Crippen molar-refractivity contribution in [1.82, 2.24) is 4.90 Å². The number of hydrogen-bond donors (Lipinski definition) is 1. The second-order valence-electron chi connectivity index (χ2n) is 7.08. The highest BCUT2D eigenvalue weighted by Gasteiger charge is 2.62. The van der Waals surface area contributed by atoms with E-state index in [0.717, 1.165) is 4.90 Å². The maximum atomic E-state index is 13.0. The van der Waals surface area contributed by atoms with Crippen LogP contribution in [0, 0.1) is 16.0 Å². The number of piperidine rings is 1. The molecule has 2 heterocycles. The third-order valence-corrected chi connectivity index (χ3v) is 5.84. The fourth-order valence-electron chi connectivity index (χ4n) is 4.79. The number of fused-ring (bicyclic) bond motifs is 6. The number of aliphatic hydroxyl groups excluding tert-OH is 1. The van der Waals surface area contributed by atoms with E-state index in [2.05, 4.69) is 0 Å². The highest BCUT2D eigenvalue weighted by molar-refractivity contribution is 6.25. The first-order chi connectivity index (χ1) is 12.5. The van der Waals surface area contributed by atoms with E-state index >= 15 is 0 Å². The van der Waals surface area contributed by atoms with Gasteiger partial charge in [0, 0.05) is 11.5 Å². The largest absolute Gasteiger partial charge is 0.391 e. The van der Waals surface area contributed by atoms with E-state index < -0.39 is 23.1 Å². The van der Waals surface area contributed by atoms with Crippen LogP contribution in [-0.2, 0) is 4.79 Å². The number of anilines is 1. The number of carbonyl (C=O) groups excluding carboxylic acids is 2. The van der Waals surface area contributed by atoms with Gasteiger partial charge < -0.3 is 10.0 Å². The molecule has 2 saturated heterocycles. The monoisotopic (exact) mass is 353 g/mol. The molecule has 0 aromatic heterocycles. The summed E-state index contributed by atoms with van der Waals surface area (Å²) < 4.78 is 0. The van der Waals surface area contributed by atoms with Crippen molar-refractivity contribution in [2.75, 3.05) is 4.90 Å². The number of aliphatic hydroxyl groups is 1. The third kappa shape index (κ3) is 1.76. The molecule has 4 atom stereocenters. The Morgan fingerprint density at radius 1 is 1.08 bits per heavy atom. The Morgan fingerprint density at radius 2 is 1.81 bits per heavy atom. The number of urea groups is 1. The molecule has 3 aliphatic rings. The maximum absolute atomic E-state index is 13.0. The average molecular weight is 353 g/mol. The molecular formula is C18H15N3O5. The van der Waals surface area contributed by atoms with Crippen molar-refractivity contribution in [2.24, 2.45) is 5.92 Å². The number of nitro groups is 1. The van der Waals surface area contributed by atoms with Crippen LogP contribution in [0.1, 0.15) is 12.8 Å². The summed E-state index contributed by atoms with van der Waals surface area (Å²) in [5.41, 5.74) is 0.281. The second-order valence-corrected chi connectivity index (χ2v) is 7.08. The number of nitro benzene ring substituents is 1. The minimum absolute atomic E-state index is 0.0271. The van der Waals surface area contributed by atoms with Gasteiger partial charge in [0.05, 0.1) is 28.1 Å². The molecule has 0 spiro atoms. The fourth-order valence-corrected chi connectivity index (χ4v) is 4.79. The van der Waals surface area contributed by atoms with Gasteiger partial charge >= 0.3 is 6.03 Å². The van der Waals surface area contributed by atoms with Crippen LogP contribution in [-0.4, -0.2) is 45.1 Å². The van der Waals surface area contributed by atoms with Crippen LogP contribution in [0.15, 0.2) is 36.4 Å². The summed E-state index contributed by atoms with van der Waals surface area (Å²) in [6, 6.07) is 8.14. The number of nitrogens with zero attached hydrogens (tertiary/aromatic N) is 3. The van der Waals surface area contributed by atoms with Crippen molar-refractivity contribution in [3.63, 3.8) is 0 Å². The molecule has 1 N–H and O–H groups in total. The summed E-state index contributed by atoms with van der Waals surface area (Å²) in [5, 5.41) is 22.3. The van der Waals surface area contributed by atoms with Gasteiger partial charge in [0.25, 0.3) is 11.6 Å². The minimum atomic E-state index is -0.596. The van der Waals surface area contributed by atoms with E-state index in [1.165, 1.54) is 17.0 Å². The SMILES string of the molecule is O=C1[C@H]2[C@H]3C[C@@H](O)[C@H](C3)N2C(=O)N1c1ccc([N+](=O)[O-])c2ccccc12. The third-order valence-electron chi connectivity index (χ3n) is 5.84. The molecule has 2 aromatic carbocycles. The predicted molar refractivity (Wildman–Crippen MR) is 91.6 cm³/mol. The molecule has 2 bridgehead atoms. The number of benzene rings is 2. The van der Waals surface area contributed by atoms with Crippen molar-refractivity contribution in [2.45, 2.75) is 31.0 Å². The second kappa shape index (κ2) is 5.01. The van der Waals surface area contributed by atoms with Crippen LogP contribution in [0.25, 0.3) is 10.8 Å². The van der Waals surface area contributed by atoms with Crippen LogP contribution in [0.3, 0.4) is 0 Å². The summed E-state index contributed by atoms with van der Waals surface area (Å²) in [6.45, 7) is 0. The highest BCUT2D eigenvalue weighted by atomic mass is 16.6. The Morgan fingerprint density at radius 3 is 2.54 bits per heavy atom. The molecule has 0 unspecified atom stereocenters. The zero-order valence-electron chi connectivity index (χ0n) is 13.6. The lowest BCUT2D eigenvalue weighted by Gasteiger charge is -2.29. The van der Waals surface area contributed by atoms with Gasteiger partial charge in [0.1, 0.15) is 6.04 Å². The van der Waals surface area contributed by atoms with Crippen molar-refractivity contribution in [3.8, 4) is 0 Å². The predicted octanol–water partition coefficient (Wildman–Crippen LogP) is 2.04. The number of carbonyl (C=O) groups is 2. The smallest absolute Gasteiger partial charge is 0.332 e. The van der Waals surface area contributed by atoms with Gasteiger partial charge in [-0.15, -0.1) is 0 Å². The molecule has 1 aliphatic carbocycles. The lowest BCUT2D eigenvalue weighted by molar-refractivity contribution is -0.383. The number of imide groups is 1. The summed E-state index contributed by atoms with van der Waals surface area (Å²) >= 11 is 0. The van der Waals surface area contributed by atoms with Crippen LogP contribution in [0.4, 0.5) is 16.2 Å². The van der Waals surface area contributed by atoms with E-state index in [0.29, 0.717) is 29.3 Å². The Balaban J connectivity index is 1.66. The minimum Gasteiger partial charge on any atom is -0.391 e. The van der Waals surface area contributed by atoms with E-state index in [-0.39, 0.29) is 23.6 Å². The Bertz CT molecular complexity index is 990. The first-order valence-electron chi connectivity index (χ1n) is 8.49. The summed E-state index contributed by atoms with van der Waals surface area (Å²) in [7, 11) is 0. The fraction of sp³-hybridized carbons (Fsp3) is 0.333. The molecule has 8 nitrogen and oxygen atoms in total. The molecular weight excluding hydrogens is 338 g/mol. The normalized spacial score (nSPS) is 29.7. The lowest BCUT2D eigenvalue weighted by atomic mass is 9.98. The molecule has 8 heteroatoms. The lowest BCUT2D eigenvalue weighted by Crippen LogP contribution is -2.47. The van der Waals surface area contributed by atoms with Crippen LogP contribution in [0.2, 0.25) is 0 Å². The first kappa shape index (κ1) is 15.3. The van der Waals surface area contributed by atoms with Crippen molar-refractivity contribution >= 4 is 34.1 Å². The highest BCUT2D eigenvalue weighted by Crippen LogP contribution is 2.48. The summed E-state index contributed by atoms with van der Waals surface area (Å²) in [4.78, 5) is 39.4. The Labute approximate surface area is 147 Å². The standard InChI is InChI=1S/C18H15N3O5/c22-15-8-9-7-14(15)19-16(9)17(23)20(18(19)24)12-5-6-13(21(25)26)11-4-2-1-3-10(11)12/h1-6,9,14-16,22H,7-8H2/t9-,14+,15-,16-/m1/s1. The molecule has 132 valence electrons. The number of amides is 3. The van der Waals surface area contributed by atoms with Crippen molar-refractivity contribution in [1.29, 1.82) is 0 Å². The molecule has 5 rings (SSSR count). The van der Waals surface area contributed by atoms with Gasteiger partial charge in [-0.3, -0.25) is 14.9 Å². The quantitative estimate of drug-likeness (QED) is 0.505. The molecule has 26 heavy (non-hydrogen) atoms. The van der Waals surface area contributed by atoms with Gasteiger partial charge in [-0.25, -0.2) is 9.69 Å². The summed E-state index contributed by atoms with van der Waals surface area (Å²) in [6.07, 6.45) is 0.583. The molecule has 0 radical (unpaired) electrons. The maximum Gasteiger partial charge on any atom is 0.332 e. The topological polar surface area (TPSA) is 104 Å². The molecule has 2 aliphatic heterocycles. The zero-order chi connectivity index (χ0) is 18.2. The molecule has 1 saturated carbocycles. The summed E-state index contributed by atoms with van der Waals surface area (Å²) in [5.74, 6) is -0.339. The molecule has 3 amide bonds. The number of rotatable bonds is 2.